The summed E-state index contributed by atoms with van der Waals surface area (Å²) in [5, 5.41) is 16.5. The molecule has 0 radical (unpaired) electrons. The van der Waals surface area contributed by atoms with Crippen LogP contribution in [0.1, 0.15) is 30.5 Å². The molecule has 0 aromatic heterocycles. The molecule has 7 heteroatoms. The molecule has 0 heterocycles. The van der Waals surface area contributed by atoms with E-state index in [0.717, 1.165) is 29.9 Å². The van der Waals surface area contributed by atoms with Gasteiger partial charge in [-0.15, -0.1) is 0 Å². The highest BCUT2D eigenvalue weighted by Gasteiger charge is 2.14. The van der Waals surface area contributed by atoms with Crippen LogP contribution in [-0.2, 0) is 9.59 Å². The van der Waals surface area contributed by atoms with Crippen LogP contribution in [0.3, 0.4) is 0 Å². The van der Waals surface area contributed by atoms with Gasteiger partial charge in [0.1, 0.15) is 5.75 Å². The Labute approximate surface area is 165 Å². The summed E-state index contributed by atoms with van der Waals surface area (Å²) >= 11 is 0. The number of benzene rings is 2. The van der Waals surface area contributed by atoms with Crippen LogP contribution in [-0.4, -0.2) is 36.2 Å². The van der Waals surface area contributed by atoms with Crippen LogP contribution < -0.4 is 15.6 Å². The van der Waals surface area contributed by atoms with Gasteiger partial charge < -0.3 is 15.3 Å². The fraction of sp³-hybridized carbons (Fsp3) is 0.286. The summed E-state index contributed by atoms with van der Waals surface area (Å²) in [6.07, 6.45) is 1.30. The van der Waals surface area contributed by atoms with Gasteiger partial charge in [-0.25, -0.2) is 5.43 Å². The van der Waals surface area contributed by atoms with E-state index in [1.165, 1.54) is 6.21 Å². The number of carbonyl (C=O) groups excluding carboxylic acids is 2. The first-order chi connectivity index (χ1) is 13.3. The number of carbonyl (C=O) groups is 2. The van der Waals surface area contributed by atoms with Crippen molar-refractivity contribution in [3.63, 3.8) is 0 Å². The number of amides is 2. The number of hydrogen-bond donors (Lipinski definition) is 3. The molecule has 28 heavy (non-hydrogen) atoms. The van der Waals surface area contributed by atoms with E-state index in [1.807, 2.05) is 45.9 Å². The first kappa shape index (κ1) is 21.0. The molecule has 0 saturated heterocycles. The third-order valence-corrected chi connectivity index (χ3v) is 4.36. The molecule has 148 valence electrons. The number of aryl methyl sites for hydroxylation is 2. The van der Waals surface area contributed by atoms with Gasteiger partial charge in [-0.2, -0.15) is 5.10 Å². The van der Waals surface area contributed by atoms with Crippen LogP contribution in [0.5, 0.6) is 5.75 Å². The molecule has 0 unspecified atom stereocenters. The molecule has 2 aromatic rings. The normalized spacial score (nSPS) is 10.7. The molecule has 0 aliphatic heterocycles. The van der Waals surface area contributed by atoms with Crippen molar-refractivity contribution in [1.82, 2.24) is 5.43 Å². The van der Waals surface area contributed by atoms with E-state index in [1.54, 1.807) is 18.2 Å². The molecular formula is C21H26N4O3. The summed E-state index contributed by atoms with van der Waals surface area (Å²) in [5.41, 5.74) is 5.91. The Morgan fingerprint density at radius 2 is 1.79 bits per heavy atom. The number of hydrogen-bond acceptors (Lipinski definition) is 5. The van der Waals surface area contributed by atoms with E-state index in [9.17, 15) is 14.7 Å². The van der Waals surface area contributed by atoms with E-state index >= 15 is 0 Å². The lowest BCUT2D eigenvalue weighted by molar-refractivity contribution is -0.136. The molecule has 0 aliphatic carbocycles. The monoisotopic (exact) mass is 382 g/mol. The number of hydrazone groups is 1. The number of phenolic OH excluding ortho intramolecular Hbond substituents is 1. The number of anilines is 2. The highest BCUT2D eigenvalue weighted by molar-refractivity contribution is 6.39. The van der Waals surface area contributed by atoms with Crippen LogP contribution in [0.15, 0.2) is 41.5 Å². The second-order valence-corrected chi connectivity index (χ2v) is 6.39. The quantitative estimate of drug-likeness (QED) is 0.407. The maximum absolute atomic E-state index is 12.0. The molecule has 2 rings (SSSR count). The Morgan fingerprint density at radius 3 is 2.43 bits per heavy atom. The minimum atomic E-state index is -0.892. The molecular weight excluding hydrogens is 356 g/mol. The van der Waals surface area contributed by atoms with Crippen LogP contribution >= 0.6 is 0 Å². The summed E-state index contributed by atoms with van der Waals surface area (Å²) < 4.78 is 0. The third kappa shape index (κ3) is 5.33. The van der Waals surface area contributed by atoms with Crippen LogP contribution in [0.4, 0.5) is 11.4 Å². The van der Waals surface area contributed by atoms with Gasteiger partial charge in [-0.3, -0.25) is 9.59 Å². The minimum absolute atomic E-state index is 0.0437. The van der Waals surface area contributed by atoms with Crippen molar-refractivity contribution in [2.75, 3.05) is 23.3 Å². The van der Waals surface area contributed by atoms with Gasteiger partial charge in [0.25, 0.3) is 0 Å². The van der Waals surface area contributed by atoms with Gasteiger partial charge in [-0.05, 0) is 57.0 Å². The standard InChI is InChI=1S/C21H26N4O3/c1-5-25(6-2)17-10-9-16(19(26)12-17)13-22-24-21(28)20(27)23-18-11-14(3)7-8-15(18)4/h7-13,26H,5-6H2,1-4H3,(H,23,27)(H,24,28)/b22-13+. The smallest absolute Gasteiger partial charge is 0.329 e. The number of phenols is 1. The largest absolute Gasteiger partial charge is 0.507 e. The van der Waals surface area contributed by atoms with Gasteiger partial charge >= 0.3 is 11.8 Å². The highest BCUT2D eigenvalue weighted by Crippen LogP contribution is 2.23. The van der Waals surface area contributed by atoms with E-state index in [4.69, 9.17) is 0 Å². The van der Waals surface area contributed by atoms with Crippen molar-refractivity contribution in [3.8, 4) is 5.75 Å². The molecule has 0 spiro atoms. The first-order valence-electron chi connectivity index (χ1n) is 9.15. The van der Waals surface area contributed by atoms with Gasteiger partial charge in [0, 0.05) is 36.1 Å². The van der Waals surface area contributed by atoms with Gasteiger partial charge in [0.15, 0.2) is 0 Å². The summed E-state index contributed by atoms with van der Waals surface area (Å²) in [7, 11) is 0. The first-order valence-corrected chi connectivity index (χ1v) is 9.15. The maximum Gasteiger partial charge on any atom is 0.329 e. The second kappa shape index (κ2) is 9.55. The summed E-state index contributed by atoms with van der Waals surface area (Å²) in [5.74, 6) is -1.66. The Kier molecular flexibility index (Phi) is 7.14. The molecule has 2 amide bonds. The Hall–Kier alpha value is -3.35. The van der Waals surface area contributed by atoms with Crippen LogP contribution in [0.2, 0.25) is 0 Å². The molecule has 0 saturated carbocycles. The Balaban J connectivity index is 1.99. The van der Waals surface area contributed by atoms with Gasteiger partial charge in [0.05, 0.1) is 6.21 Å². The zero-order valence-corrected chi connectivity index (χ0v) is 16.6. The van der Waals surface area contributed by atoms with Crippen molar-refractivity contribution >= 4 is 29.4 Å². The van der Waals surface area contributed by atoms with Gasteiger partial charge in [-0.1, -0.05) is 12.1 Å². The fourth-order valence-corrected chi connectivity index (χ4v) is 2.69. The molecule has 0 fully saturated rings. The molecule has 7 nitrogen and oxygen atoms in total. The Morgan fingerprint density at radius 1 is 1.07 bits per heavy atom. The van der Waals surface area contributed by atoms with E-state index < -0.39 is 11.8 Å². The number of nitrogens with one attached hydrogen (secondary N) is 2. The molecule has 0 bridgehead atoms. The number of aromatic hydroxyl groups is 1. The lowest BCUT2D eigenvalue weighted by Crippen LogP contribution is -2.32. The zero-order chi connectivity index (χ0) is 20.7. The van der Waals surface area contributed by atoms with E-state index in [-0.39, 0.29) is 5.75 Å². The Bertz CT molecular complexity index is 889. The maximum atomic E-state index is 12.0. The molecule has 3 N–H and O–H groups in total. The molecule has 2 aromatic carbocycles. The third-order valence-electron chi connectivity index (χ3n) is 4.36. The SMILES string of the molecule is CCN(CC)c1ccc(/C=N/NC(=O)C(=O)Nc2cc(C)ccc2C)c(O)c1. The average Bonchev–Trinajstić information content (AvgIpc) is 2.67. The lowest BCUT2D eigenvalue weighted by atomic mass is 10.1. The number of nitrogens with zero attached hydrogens (tertiary/aromatic N) is 2. The average molecular weight is 382 g/mol. The van der Waals surface area contributed by atoms with Crippen molar-refractivity contribution in [3.05, 3.63) is 53.1 Å². The zero-order valence-electron chi connectivity index (χ0n) is 16.6. The van der Waals surface area contributed by atoms with Gasteiger partial charge in [0.2, 0.25) is 0 Å². The van der Waals surface area contributed by atoms with Crippen molar-refractivity contribution < 1.29 is 14.7 Å². The summed E-state index contributed by atoms with van der Waals surface area (Å²) in [6.45, 7) is 9.47. The van der Waals surface area contributed by atoms with Crippen molar-refractivity contribution in [2.45, 2.75) is 27.7 Å². The summed E-state index contributed by atoms with van der Waals surface area (Å²) in [6, 6.07) is 10.8. The van der Waals surface area contributed by atoms with Crippen molar-refractivity contribution in [1.29, 1.82) is 0 Å². The highest BCUT2D eigenvalue weighted by atomic mass is 16.3. The minimum Gasteiger partial charge on any atom is -0.507 e. The lowest BCUT2D eigenvalue weighted by Gasteiger charge is -2.21. The van der Waals surface area contributed by atoms with Crippen molar-refractivity contribution in [2.24, 2.45) is 5.10 Å². The molecule has 0 atom stereocenters. The molecule has 0 aliphatic rings. The second-order valence-electron chi connectivity index (χ2n) is 6.39. The van der Waals surface area contributed by atoms with E-state index in [2.05, 4.69) is 20.7 Å². The number of rotatable bonds is 6. The summed E-state index contributed by atoms with van der Waals surface area (Å²) in [4.78, 5) is 26.1. The van der Waals surface area contributed by atoms with E-state index in [0.29, 0.717) is 11.3 Å². The fourth-order valence-electron chi connectivity index (χ4n) is 2.69. The topological polar surface area (TPSA) is 94.0 Å². The predicted molar refractivity (Wildman–Crippen MR) is 112 cm³/mol. The van der Waals surface area contributed by atoms with Crippen LogP contribution in [0.25, 0.3) is 0 Å². The van der Waals surface area contributed by atoms with Crippen LogP contribution in [0, 0.1) is 13.8 Å². The predicted octanol–water partition coefficient (Wildman–Crippen LogP) is 2.94.